The summed E-state index contributed by atoms with van der Waals surface area (Å²) in [6.45, 7) is 9.85. The van der Waals surface area contributed by atoms with E-state index in [1.165, 1.54) is 13.0 Å². The van der Waals surface area contributed by atoms with Crippen LogP contribution in [-0.2, 0) is 0 Å². The molecule has 4 nitrogen and oxygen atoms in total. The molecule has 0 aliphatic carbocycles. The summed E-state index contributed by atoms with van der Waals surface area (Å²) in [7, 11) is 0. The Morgan fingerprint density at radius 2 is 2.13 bits per heavy atom. The number of azide groups is 1. The second kappa shape index (κ2) is 5.99. The zero-order valence-corrected chi connectivity index (χ0v) is 10.1. The molecule has 3 atom stereocenters. The van der Waals surface area contributed by atoms with Gasteiger partial charge in [0, 0.05) is 24.0 Å². The highest BCUT2D eigenvalue weighted by atomic mass is 15.2. The Balaban J connectivity index is 2.34. The lowest BCUT2D eigenvalue weighted by molar-refractivity contribution is 0.0794. The summed E-state index contributed by atoms with van der Waals surface area (Å²) < 4.78 is 0. The van der Waals surface area contributed by atoms with Crippen LogP contribution in [0.5, 0.6) is 0 Å². The van der Waals surface area contributed by atoms with Gasteiger partial charge in [-0.25, -0.2) is 0 Å². The van der Waals surface area contributed by atoms with E-state index < -0.39 is 0 Å². The van der Waals surface area contributed by atoms with Gasteiger partial charge in [-0.2, -0.15) is 0 Å². The molecule has 0 aromatic rings. The molecular weight excluding hydrogens is 188 g/mol. The van der Waals surface area contributed by atoms with Crippen LogP contribution in [0.15, 0.2) is 5.11 Å². The molecule has 3 unspecified atom stereocenters. The van der Waals surface area contributed by atoms with Crippen molar-refractivity contribution in [2.24, 2.45) is 17.0 Å². The van der Waals surface area contributed by atoms with Gasteiger partial charge in [0.1, 0.15) is 0 Å². The molecule has 15 heavy (non-hydrogen) atoms. The summed E-state index contributed by atoms with van der Waals surface area (Å²) in [6, 6.07) is 0.673. The molecule has 4 heteroatoms. The van der Waals surface area contributed by atoms with E-state index >= 15 is 0 Å². The lowest BCUT2D eigenvalue weighted by Gasteiger charge is -2.41. The number of hydrogen-bond acceptors (Lipinski definition) is 2. The van der Waals surface area contributed by atoms with Crippen LogP contribution >= 0.6 is 0 Å². The summed E-state index contributed by atoms with van der Waals surface area (Å²) in [5.74, 6) is 1.59. The highest BCUT2D eigenvalue weighted by molar-refractivity contribution is 4.81. The van der Waals surface area contributed by atoms with Gasteiger partial charge in [0.2, 0.25) is 0 Å². The molecule has 0 bridgehead atoms. The Morgan fingerprint density at radius 1 is 1.40 bits per heavy atom. The molecule has 0 aromatic carbocycles. The average molecular weight is 210 g/mol. The molecule has 0 N–H and O–H groups in total. The maximum absolute atomic E-state index is 8.18. The van der Waals surface area contributed by atoms with Crippen molar-refractivity contribution in [1.82, 2.24) is 4.90 Å². The SMILES string of the molecule is CC1CC(C)C(C)N(CCCN=[N+]=[N-])C1. The molecule has 86 valence electrons. The van der Waals surface area contributed by atoms with Crippen LogP contribution in [0, 0.1) is 11.8 Å². The fraction of sp³-hybridized carbons (Fsp3) is 1.00. The van der Waals surface area contributed by atoms with Crippen LogP contribution in [0.3, 0.4) is 0 Å². The van der Waals surface area contributed by atoms with E-state index in [1.54, 1.807) is 0 Å². The van der Waals surface area contributed by atoms with Gasteiger partial charge >= 0.3 is 0 Å². The second-order valence-electron chi connectivity index (χ2n) is 4.86. The van der Waals surface area contributed by atoms with Gasteiger partial charge in [-0.3, -0.25) is 0 Å². The summed E-state index contributed by atoms with van der Waals surface area (Å²) in [5.41, 5.74) is 8.18. The van der Waals surface area contributed by atoms with Crippen molar-refractivity contribution in [3.63, 3.8) is 0 Å². The normalized spacial score (nSPS) is 32.3. The van der Waals surface area contributed by atoms with Gasteiger partial charge in [0.25, 0.3) is 0 Å². The zero-order valence-electron chi connectivity index (χ0n) is 10.1. The van der Waals surface area contributed by atoms with Crippen LogP contribution in [0.2, 0.25) is 0 Å². The van der Waals surface area contributed by atoms with E-state index in [1.807, 2.05) is 0 Å². The van der Waals surface area contributed by atoms with Crippen LogP contribution in [-0.4, -0.2) is 30.6 Å². The van der Waals surface area contributed by atoms with Crippen molar-refractivity contribution < 1.29 is 0 Å². The van der Waals surface area contributed by atoms with E-state index in [9.17, 15) is 0 Å². The first-order valence-electron chi connectivity index (χ1n) is 5.90. The average Bonchev–Trinajstić information content (AvgIpc) is 2.19. The highest BCUT2D eigenvalue weighted by Crippen LogP contribution is 2.26. The van der Waals surface area contributed by atoms with Gasteiger partial charge in [0.15, 0.2) is 0 Å². The van der Waals surface area contributed by atoms with Crippen molar-refractivity contribution in [2.45, 2.75) is 39.7 Å². The lowest BCUT2D eigenvalue weighted by atomic mass is 9.86. The van der Waals surface area contributed by atoms with E-state index in [0.29, 0.717) is 12.6 Å². The van der Waals surface area contributed by atoms with Crippen molar-refractivity contribution in [1.29, 1.82) is 0 Å². The zero-order chi connectivity index (χ0) is 11.3. The number of rotatable bonds is 4. The lowest BCUT2D eigenvalue weighted by Crippen LogP contribution is -2.46. The first kappa shape index (κ1) is 12.3. The number of nitrogens with zero attached hydrogens (tertiary/aromatic N) is 4. The molecular formula is C11H22N4. The largest absolute Gasteiger partial charge is 0.300 e. The third kappa shape index (κ3) is 3.73. The maximum atomic E-state index is 8.18. The van der Waals surface area contributed by atoms with Gasteiger partial charge in [-0.15, -0.1) is 0 Å². The minimum absolute atomic E-state index is 0.627. The number of likely N-dealkylation sites (tertiary alicyclic amines) is 1. The molecule has 0 aromatic heterocycles. The van der Waals surface area contributed by atoms with Gasteiger partial charge in [-0.05, 0) is 43.7 Å². The van der Waals surface area contributed by atoms with Crippen molar-refractivity contribution in [3.05, 3.63) is 10.4 Å². The Hall–Kier alpha value is -0.730. The van der Waals surface area contributed by atoms with E-state index in [4.69, 9.17) is 5.53 Å². The first-order chi connectivity index (χ1) is 7.15. The van der Waals surface area contributed by atoms with Crippen molar-refractivity contribution >= 4 is 0 Å². The van der Waals surface area contributed by atoms with E-state index in [2.05, 4.69) is 35.7 Å². The van der Waals surface area contributed by atoms with E-state index in [-0.39, 0.29) is 0 Å². The predicted octanol–water partition coefficient (Wildman–Crippen LogP) is 3.05. The molecule has 0 amide bonds. The Kier molecular flexibility index (Phi) is 4.92. The smallest absolute Gasteiger partial charge is 0.0270 e. The molecule has 0 radical (unpaired) electrons. The fourth-order valence-electron chi connectivity index (χ4n) is 2.52. The Bertz CT molecular complexity index is 235. The summed E-state index contributed by atoms with van der Waals surface area (Å²) in [6.07, 6.45) is 2.32. The highest BCUT2D eigenvalue weighted by Gasteiger charge is 2.27. The standard InChI is InChI=1S/C11H22N4/c1-9-7-10(2)11(3)15(8-9)6-4-5-13-14-12/h9-11H,4-8H2,1-3H3. The minimum Gasteiger partial charge on any atom is -0.300 e. The fourth-order valence-corrected chi connectivity index (χ4v) is 2.52. The number of piperidine rings is 1. The molecule has 0 spiro atoms. The molecule has 1 fully saturated rings. The Labute approximate surface area is 92.3 Å². The maximum Gasteiger partial charge on any atom is 0.0270 e. The van der Waals surface area contributed by atoms with Crippen LogP contribution in [0.25, 0.3) is 10.4 Å². The molecule has 1 heterocycles. The summed E-state index contributed by atoms with van der Waals surface area (Å²) in [4.78, 5) is 5.31. The second-order valence-corrected chi connectivity index (χ2v) is 4.86. The topological polar surface area (TPSA) is 52.0 Å². The van der Waals surface area contributed by atoms with Gasteiger partial charge in [-0.1, -0.05) is 19.0 Å². The predicted molar refractivity (Wildman–Crippen MR) is 62.6 cm³/mol. The summed E-state index contributed by atoms with van der Waals surface area (Å²) >= 11 is 0. The van der Waals surface area contributed by atoms with Crippen LogP contribution < -0.4 is 0 Å². The monoisotopic (exact) mass is 210 g/mol. The third-order valence-electron chi connectivity index (χ3n) is 3.49. The van der Waals surface area contributed by atoms with Gasteiger partial charge < -0.3 is 4.90 Å². The van der Waals surface area contributed by atoms with E-state index in [0.717, 1.165) is 24.8 Å². The van der Waals surface area contributed by atoms with Crippen molar-refractivity contribution in [3.8, 4) is 0 Å². The Morgan fingerprint density at radius 3 is 2.80 bits per heavy atom. The summed E-state index contributed by atoms with van der Waals surface area (Å²) in [5, 5.41) is 3.57. The third-order valence-corrected chi connectivity index (χ3v) is 3.49. The van der Waals surface area contributed by atoms with Crippen molar-refractivity contribution in [2.75, 3.05) is 19.6 Å². The molecule has 1 aliphatic heterocycles. The van der Waals surface area contributed by atoms with Crippen LogP contribution in [0.4, 0.5) is 0 Å². The number of hydrogen-bond donors (Lipinski definition) is 0. The quantitative estimate of drug-likeness (QED) is 0.304. The van der Waals surface area contributed by atoms with Crippen LogP contribution in [0.1, 0.15) is 33.6 Å². The minimum atomic E-state index is 0.627. The molecule has 1 rings (SSSR count). The van der Waals surface area contributed by atoms with Gasteiger partial charge in [0.05, 0.1) is 0 Å². The molecule has 1 saturated heterocycles. The first-order valence-corrected chi connectivity index (χ1v) is 5.90. The molecule has 0 saturated carbocycles. The molecule has 1 aliphatic rings.